The van der Waals surface area contributed by atoms with E-state index in [1.807, 2.05) is 0 Å². The van der Waals surface area contributed by atoms with Gasteiger partial charge in [-0.2, -0.15) is 4.99 Å². The van der Waals surface area contributed by atoms with Crippen molar-refractivity contribution in [1.29, 1.82) is 0 Å². The summed E-state index contributed by atoms with van der Waals surface area (Å²) in [6.07, 6.45) is 3.57. The zero-order chi connectivity index (χ0) is 18.5. The van der Waals surface area contributed by atoms with Gasteiger partial charge in [-0.15, -0.1) is 0 Å². The van der Waals surface area contributed by atoms with Crippen molar-refractivity contribution in [3.05, 3.63) is 29.3 Å². The first-order valence-electron chi connectivity index (χ1n) is 9.33. The van der Waals surface area contributed by atoms with Gasteiger partial charge in [-0.25, -0.2) is 8.42 Å². The van der Waals surface area contributed by atoms with Crippen molar-refractivity contribution in [2.24, 2.45) is 10.9 Å². The number of hydrogen-bond acceptors (Lipinski definition) is 4. The van der Waals surface area contributed by atoms with Crippen LogP contribution in [-0.2, 0) is 27.5 Å². The summed E-state index contributed by atoms with van der Waals surface area (Å²) in [5.74, 6) is 0.335. The van der Waals surface area contributed by atoms with Crippen LogP contribution in [0.1, 0.15) is 37.8 Å². The number of benzene rings is 1. The number of fused-ring (bicyclic) bond motifs is 1. The number of amides is 1. The first-order valence-corrected chi connectivity index (χ1v) is 12.0. The first-order chi connectivity index (χ1) is 12.4. The van der Waals surface area contributed by atoms with Crippen molar-refractivity contribution in [1.82, 2.24) is 0 Å². The Labute approximate surface area is 159 Å². The lowest BCUT2D eigenvalue weighted by Crippen LogP contribution is -2.39. The van der Waals surface area contributed by atoms with Crippen LogP contribution in [0.4, 0.5) is 5.69 Å². The normalized spacial score (nSPS) is 28.5. The Morgan fingerprint density at radius 3 is 2.42 bits per heavy atom. The quantitative estimate of drug-likeness (QED) is 0.788. The van der Waals surface area contributed by atoms with Crippen LogP contribution in [0, 0.1) is 5.92 Å². The molecular formula is C19H24N2O3S2. The van der Waals surface area contributed by atoms with Gasteiger partial charge in [0.15, 0.2) is 15.0 Å². The first kappa shape index (κ1) is 18.0. The van der Waals surface area contributed by atoms with E-state index in [0.29, 0.717) is 5.17 Å². The number of hydrogen-bond donors (Lipinski definition) is 0. The maximum absolute atomic E-state index is 12.3. The van der Waals surface area contributed by atoms with Crippen molar-refractivity contribution in [2.45, 2.75) is 50.8 Å². The summed E-state index contributed by atoms with van der Waals surface area (Å²) in [5, 5.41) is 0.655. The lowest BCUT2D eigenvalue weighted by molar-refractivity contribution is -0.118. The third-order valence-corrected chi connectivity index (χ3v) is 8.61. The molecule has 2 atom stereocenters. The summed E-state index contributed by atoms with van der Waals surface area (Å²) in [6, 6.07) is 6.11. The Bertz CT molecular complexity index is 853. The van der Waals surface area contributed by atoms with E-state index in [-0.39, 0.29) is 34.6 Å². The number of carbonyl (C=O) groups is 1. The van der Waals surface area contributed by atoms with E-state index >= 15 is 0 Å². The van der Waals surface area contributed by atoms with Gasteiger partial charge in [0.25, 0.3) is 5.91 Å². The Morgan fingerprint density at radius 2 is 1.85 bits per heavy atom. The molecule has 0 radical (unpaired) electrons. The number of sulfone groups is 1. The summed E-state index contributed by atoms with van der Waals surface area (Å²) < 4.78 is 24.5. The number of thioether (sulfide) groups is 1. The van der Waals surface area contributed by atoms with E-state index in [9.17, 15) is 13.2 Å². The number of nitrogens with zero attached hydrogens (tertiary/aromatic N) is 2. The van der Waals surface area contributed by atoms with E-state index in [2.05, 4.69) is 41.9 Å². The molecule has 26 heavy (non-hydrogen) atoms. The van der Waals surface area contributed by atoms with Gasteiger partial charge < -0.3 is 4.90 Å². The molecule has 1 aromatic carbocycles. The van der Waals surface area contributed by atoms with Gasteiger partial charge in [-0.3, -0.25) is 4.79 Å². The number of rotatable bonds is 4. The minimum Gasteiger partial charge on any atom is -0.315 e. The number of aryl methyl sites for hydroxylation is 2. The van der Waals surface area contributed by atoms with Crippen molar-refractivity contribution >= 4 is 38.4 Å². The highest BCUT2D eigenvalue weighted by atomic mass is 32.2. The molecule has 0 aromatic heterocycles. The van der Waals surface area contributed by atoms with Crippen LogP contribution in [0.2, 0.25) is 0 Å². The maximum Gasteiger partial charge on any atom is 0.251 e. The maximum atomic E-state index is 12.3. The zero-order valence-electron chi connectivity index (χ0n) is 15.1. The van der Waals surface area contributed by atoms with Crippen molar-refractivity contribution in [3.63, 3.8) is 0 Å². The van der Waals surface area contributed by atoms with Crippen LogP contribution < -0.4 is 4.90 Å². The van der Waals surface area contributed by atoms with Gasteiger partial charge in [0.2, 0.25) is 0 Å². The van der Waals surface area contributed by atoms with Crippen molar-refractivity contribution in [2.75, 3.05) is 16.4 Å². The fourth-order valence-electron chi connectivity index (χ4n) is 3.87. The van der Waals surface area contributed by atoms with Crippen LogP contribution >= 0.6 is 11.8 Å². The van der Waals surface area contributed by atoms with Crippen LogP contribution in [0.5, 0.6) is 0 Å². The van der Waals surface area contributed by atoms with Crippen molar-refractivity contribution in [3.8, 4) is 0 Å². The molecule has 3 aliphatic rings. The molecule has 0 bridgehead atoms. The van der Waals surface area contributed by atoms with Crippen molar-refractivity contribution < 1.29 is 13.2 Å². The minimum absolute atomic E-state index is 0.0413. The number of aliphatic imine (C=N–C) groups is 1. The third-order valence-electron chi connectivity index (χ3n) is 5.40. The highest BCUT2D eigenvalue weighted by Crippen LogP contribution is 2.44. The van der Waals surface area contributed by atoms with Crippen LogP contribution in [-0.4, -0.2) is 42.3 Å². The lowest BCUT2D eigenvalue weighted by atomic mass is 10.0. The number of amidine groups is 1. The second-order valence-corrected chi connectivity index (χ2v) is 10.7. The van der Waals surface area contributed by atoms with Crippen LogP contribution in [0.15, 0.2) is 23.2 Å². The molecule has 0 N–H and O–H groups in total. The molecule has 2 heterocycles. The minimum atomic E-state index is -3.04. The fraction of sp³-hybridized carbons (Fsp3) is 0.579. The molecule has 5 nitrogen and oxygen atoms in total. The van der Waals surface area contributed by atoms with Crippen LogP contribution in [0.25, 0.3) is 0 Å². The molecule has 1 aromatic rings. The topological polar surface area (TPSA) is 66.8 Å². The lowest BCUT2D eigenvalue weighted by Gasteiger charge is -2.29. The summed E-state index contributed by atoms with van der Waals surface area (Å²) >= 11 is 1.47. The Hall–Kier alpha value is -1.34. The molecule has 3 fully saturated rings. The molecule has 2 aliphatic heterocycles. The average Bonchev–Trinajstić information content (AvgIpc) is 3.35. The van der Waals surface area contributed by atoms with Gasteiger partial charge in [0.1, 0.15) is 0 Å². The van der Waals surface area contributed by atoms with E-state index in [1.165, 1.54) is 22.9 Å². The summed E-state index contributed by atoms with van der Waals surface area (Å²) in [4.78, 5) is 18.9. The molecule has 7 heteroatoms. The number of para-hydroxylation sites is 1. The predicted octanol–water partition coefficient (Wildman–Crippen LogP) is 2.82. The molecular weight excluding hydrogens is 368 g/mol. The average molecular weight is 393 g/mol. The van der Waals surface area contributed by atoms with E-state index in [1.54, 1.807) is 0 Å². The summed E-state index contributed by atoms with van der Waals surface area (Å²) in [7, 11) is -3.04. The predicted molar refractivity (Wildman–Crippen MR) is 107 cm³/mol. The van der Waals surface area contributed by atoms with Gasteiger partial charge in [-0.05, 0) is 36.8 Å². The molecule has 1 amide bonds. The van der Waals surface area contributed by atoms with Gasteiger partial charge in [-0.1, -0.05) is 43.8 Å². The largest absolute Gasteiger partial charge is 0.315 e. The second-order valence-electron chi connectivity index (χ2n) is 7.31. The standard InChI is InChI=1S/C19H24N2O3S2/c1-3-12-6-5-7-13(4-2)17(12)21-15-10-26(23,24)11-16(15)25-19(21)20-18(22)14-8-9-14/h5-7,14-16H,3-4,8-11H2,1-2H3/t15-,16-/m1/s1. The summed E-state index contributed by atoms with van der Waals surface area (Å²) in [6.45, 7) is 4.22. The van der Waals surface area contributed by atoms with Gasteiger partial charge >= 0.3 is 0 Å². The Balaban J connectivity index is 1.82. The monoisotopic (exact) mass is 392 g/mol. The van der Waals surface area contributed by atoms with Gasteiger partial charge in [0, 0.05) is 16.9 Å². The zero-order valence-corrected chi connectivity index (χ0v) is 16.8. The molecule has 4 rings (SSSR count). The fourth-order valence-corrected chi connectivity index (χ4v) is 7.77. The highest BCUT2D eigenvalue weighted by molar-refractivity contribution is 8.16. The Kier molecular flexibility index (Phi) is 4.63. The Morgan fingerprint density at radius 1 is 1.19 bits per heavy atom. The van der Waals surface area contributed by atoms with E-state index < -0.39 is 9.84 Å². The number of carbonyl (C=O) groups excluding carboxylic acids is 1. The second kappa shape index (κ2) is 6.68. The SMILES string of the molecule is CCc1cccc(CC)c1N1C(=NC(=O)C2CC2)S[C@@H]2CS(=O)(=O)C[C@H]21. The molecule has 0 spiro atoms. The molecule has 1 aliphatic carbocycles. The summed E-state index contributed by atoms with van der Waals surface area (Å²) in [5.41, 5.74) is 3.43. The van der Waals surface area contributed by atoms with E-state index in [0.717, 1.165) is 31.4 Å². The smallest absolute Gasteiger partial charge is 0.251 e. The number of anilines is 1. The third kappa shape index (κ3) is 3.20. The van der Waals surface area contributed by atoms with Crippen LogP contribution in [0.3, 0.4) is 0 Å². The highest BCUT2D eigenvalue weighted by Gasteiger charge is 2.50. The van der Waals surface area contributed by atoms with E-state index in [4.69, 9.17) is 0 Å². The molecule has 0 unspecified atom stereocenters. The molecule has 140 valence electrons. The van der Waals surface area contributed by atoms with Gasteiger partial charge in [0.05, 0.1) is 17.5 Å². The molecule has 2 saturated heterocycles. The molecule has 1 saturated carbocycles.